The Labute approximate surface area is 167 Å². The summed E-state index contributed by atoms with van der Waals surface area (Å²) in [5.41, 5.74) is 9.89. The molecule has 0 radical (unpaired) electrons. The van der Waals surface area contributed by atoms with Crippen LogP contribution in [-0.2, 0) is 4.79 Å². The fourth-order valence-electron chi connectivity index (χ4n) is 4.12. The third kappa shape index (κ3) is 2.82. The maximum absolute atomic E-state index is 12.0. The van der Waals surface area contributed by atoms with Gasteiger partial charge < -0.3 is 15.2 Å². The minimum atomic E-state index is -0.0444. The highest BCUT2D eigenvalue weighted by Crippen LogP contribution is 2.36. The first-order chi connectivity index (χ1) is 14.2. The number of nitrogen functional groups attached to an aromatic ring is 1. The molecule has 5 rings (SSSR count). The monoisotopic (exact) mass is 384 g/mol. The molecular formula is C22H20N6O. The van der Waals surface area contributed by atoms with E-state index < -0.39 is 0 Å². The number of carbonyl (C=O) groups is 1. The van der Waals surface area contributed by atoms with E-state index in [1.807, 2.05) is 35.4 Å². The predicted octanol–water partition coefficient (Wildman–Crippen LogP) is 3.19. The Morgan fingerprint density at radius 2 is 2.10 bits per heavy atom. The Balaban J connectivity index is 1.65. The zero-order valence-electron chi connectivity index (χ0n) is 15.8. The van der Waals surface area contributed by atoms with E-state index in [0.717, 1.165) is 39.5 Å². The van der Waals surface area contributed by atoms with Gasteiger partial charge in [0.2, 0.25) is 5.91 Å². The molecule has 0 aliphatic carbocycles. The summed E-state index contributed by atoms with van der Waals surface area (Å²) in [6, 6.07) is 10.2. The Bertz CT molecular complexity index is 1260. The quantitative estimate of drug-likeness (QED) is 0.548. The molecule has 1 aliphatic rings. The number of carbonyl (C=O) groups excluding carboxylic acids is 1. The molecule has 144 valence electrons. The third-order valence-electron chi connectivity index (χ3n) is 5.58. The van der Waals surface area contributed by atoms with E-state index in [1.54, 1.807) is 0 Å². The molecule has 1 fully saturated rings. The Kier molecular flexibility index (Phi) is 4.01. The number of pyridine rings is 1. The van der Waals surface area contributed by atoms with Crippen LogP contribution in [0.5, 0.6) is 0 Å². The largest absolute Gasteiger partial charge is 0.383 e. The number of likely N-dealkylation sites (tertiary alicyclic amines) is 1. The number of aromatic nitrogens is 4. The van der Waals surface area contributed by atoms with E-state index in [9.17, 15) is 4.79 Å². The van der Waals surface area contributed by atoms with Gasteiger partial charge in [0.15, 0.2) is 0 Å². The van der Waals surface area contributed by atoms with Gasteiger partial charge in [0, 0.05) is 42.0 Å². The maximum Gasteiger partial charge on any atom is 0.246 e. The summed E-state index contributed by atoms with van der Waals surface area (Å²) in [6.07, 6.45) is 7.62. The number of rotatable bonds is 3. The molecule has 1 amide bonds. The zero-order chi connectivity index (χ0) is 20.0. The zero-order valence-corrected chi connectivity index (χ0v) is 15.8. The second kappa shape index (κ2) is 6.70. The maximum atomic E-state index is 12.0. The first-order valence-electron chi connectivity index (χ1n) is 9.53. The van der Waals surface area contributed by atoms with Gasteiger partial charge in [-0.3, -0.25) is 9.78 Å². The van der Waals surface area contributed by atoms with Gasteiger partial charge in [0.05, 0.1) is 16.9 Å². The summed E-state index contributed by atoms with van der Waals surface area (Å²) < 4.78 is 2.12. The van der Waals surface area contributed by atoms with Crippen LogP contribution >= 0.6 is 0 Å². The van der Waals surface area contributed by atoms with Crippen molar-refractivity contribution in [2.24, 2.45) is 0 Å². The summed E-state index contributed by atoms with van der Waals surface area (Å²) in [7, 11) is 0. The van der Waals surface area contributed by atoms with Crippen LogP contribution in [0.25, 0.3) is 33.1 Å². The standard InChI is InChI=1S/C22H20N6O/c1-2-19(29)27-8-7-16(11-27)28-12-17(20-21(23)25-13-26-22(20)28)15-9-14-5-3-4-6-18(14)24-10-15/h2-6,9-10,12-13,16H,1,7-8,11H2,(H2,23,25,26). The average Bonchev–Trinajstić information content (AvgIpc) is 3.38. The second-order valence-corrected chi connectivity index (χ2v) is 7.26. The second-order valence-electron chi connectivity index (χ2n) is 7.26. The highest BCUT2D eigenvalue weighted by atomic mass is 16.2. The van der Waals surface area contributed by atoms with Gasteiger partial charge in [-0.05, 0) is 24.6 Å². The number of nitrogens with zero attached hydrogens (tertiary/aromatic N) is 5. The van der Waals surface area contributed by atoms with Crippen LogP contribution in [0.4, 0.5) is 5.82 Å². The number of para-hydroxylation sites is 1. The van der Waals surface area contributed by atoms with Gasteiger partial charge in [0.1, 0.15) is 17.8 Å². The Morgan fingerprint density at radius 3 is 2.97 bits per heavy atom. The van der Waals surface area contributed by atoms with Gasteiger partial charge in [0.25, 0.3) is 0 Å². The van der Waals surface area contributed by atoms with Crippen molar-refractivity contribution in [3.63, 3.8) is 0 Å². The van der Waals surface area contributed by atoms with Gasteiger partial charge in [-0.2, -0.15) is 0 Å². The molecule has 0 saturated carbocycles. The number of hydrogen-bond donors (Lipinski definition) is 1. The predicted molar refractivity (Wildman–Crippen MR) is 113 cm³/mol. The van der Waals surface area contributed by atoms with Crippen molar-refractivity contribution in [1.82, 2.24) is 24.4 Å². The van der Waals surface area contributed by atoms with Crippen molar-refractivity contribution in [1.29, 1.82) is 0 Å². The minimum Gasteiger partial charge on any atom is -0.383 e. The highest BCUT2D eigenvalue weighted by molar-refractivity contribution is 6.01. The van der Waals surface area contributed by atoms with Crippen LogP contribution in [-0.4, -0.2) is 43.4 Å². The molecule has 4 heterocycles. The molecule has 7 nitrogen and oxygen atoms in total. The van der Waals surface area contributed by atoms with E-state index in [4.69, 9.17) is 5.73 Å². The lowest BCUT2D eigenvalue weighted by Crippen LogP contribution is -2.27. The molecule has 7 heteroatoms. The van der Waals surface area contributed by atoms with Gasteiger partial charge in [-0.15, -0.1) is 0 Å². The Morgan fingerprint density at radius 1 is 1.24 bits per heavy atom. The molecule has 3 aromatic heterocycles. The van der Waals surface area contributed by atoms with E-state index in [2.05, 4.69) is 38.4 Å². The molecule has 1 atom stereocenters. The van der Waals surface area contributed by atoms with Gasteiger partial charge >= 0.3 is 0 Å². The first-order valence-corrected chi connectivity index (χ1v) is 9.53. The SMILES string of the molecule is C=CC(=O)N1CCC(n2cc(-c3cnc4ccccc4c3)c3c(N)ncnc32)C1. The molecule has 1 aliphatic heterocycles. The minimum absolute atomic E-state index is 0.0444. The Hall–Kier alpha value is -3.74. The van der Waals surface area contributed by atoms with Crippen LogP contribution in [0.15, 0.2) is 61.7 Å². The van der Waals surface area contributed by atoms with Crippen molar-refractivity contribution in [2.45, 2.75) is 12.5 Å². The molecular weight excluding hydrogens is 364 g/mol. The van der Waals surface area contributed by atoms with Crippen LogP contribution in [0.3, 0.4) is 0 Å². The number of anilines is 1. The molecule has 1 aromatic carbocycles. The molecule has 2 N–H and O–H groups in total. The first kappa shape index (κ1) is 17.4. The number of nitrogens with two attached hydrogens (primary N) is 1. The summed E-state index contributed by atoms with van der Waals surface area (Å²) in [4.78, 5) is 27.1. The van der Waals surface area contributed by atoms with E-state index >= 15 is 0 Å². The summed E-state index contributed by atoms with van der Waals surface area (Å²) in [5.74, 6) is 0.394. The van der Waals surface area contributed by atoms with Crippen molar-refractivity contribution in [2.75, 3.05) is 18.8 Å². The van der Waals surface area contributed by atoms with Gasteiger partial charge in [-0.25, -0.2) is 9.97 Å². The fraction of sp³-hybridized carbons (Fsp3) is 0.182. The highest BCUT2D eigenvalue weighted by Gasteiger charge is 2.28. The molecule has 1 saturated heterocycles. The summed E-state index contributed by atoms with van der Waals surface area (Å²) in [6.45, 7) is 4.91. The van der Waals surface area contributed by atoms with Gasteiger partial charge in [-0.1, -0.05) is 24.8 Å². The van der Waals surface area contributed by atoms with Crippen molar-refractivity contribution in [3.05, 3.63) is 61.7 Å². The van der Waals surface area contributed by atoms with Crippen molar-refractivity contribution in [3.8, 4) is 11.1 Å². The van der Waals surface area contributed by atoms with E-state index in [0.29, 0.717) is 18.9 Å². The van der Waals surface area contributed by atoms with Crippen LogP contribution < -0.4 is 5.73 Å². The average molecular weight is 384 g/mol. The number of hydrogen-bond acceptors (Lipinski definition) is 5. The smallest absolute Gasteiger partial charge is 0.246 e. The van der Waals surface area contributed by atoms with Crippen molar-refractivity contribution < 1.29 is 4.79 Å². The fourth-order valence-corrected chi connectivity index (χ4v) is 4.12. The summed E-state index contributed by atoms with van der Waals surface area (Å²) in [5, 5.41) is 1.88. The molecule has 1 unspecified atom stereocenters. The lowest BCUT2D eigenvalue weighted by atomic mass is 10.1. The number of benzene rings is 1. The lowest BCUT2D eigenvalue weighted by Gasteiger charge is -2.15. The molecule has 4 aromatic rings. The van der Waals surface area contributed by atoms with Crippen LogP contribution in [0.1, 0.15) is 12.5 Å². The molecule has 0 bridgehead atoms. The third-order valence-corrected chi connectivity index (χ3v) is 5.58. The molecule has 29 heavy (non-hydrogen) atoms. The lowest BCUT2D eigenvalue weighted by molar-refractivity contribution is -0.125. The van der Waals surface area contributed by atoms with E-state index in [-0.39, 0.29) is 11.9 Å². The topological polar surface area (TPSA) is 89.9 Å². The molecule has 0 spiro atoms. The number of fused-ring (bicyclic) bond motifs is 2. The van der Waals surface area contributed by atoms with Crippen LogP contribution in [0.2, 0.25) is 0 Å². The normalized spacial score (nSPS) is 16.6. The van der Waals surface area contributed by atoms with E-state index in [1.165, 1.54) is 12.4 Å². The summed E-state index contributed by atoms with van der Waals surface area (Å²) >= 11 is 0. The van der Waals surface area contributed by atoms with Crippen molar-refractivity contribution >= 4 is 33.7 Å². The number of amides is 1. The van der Waals surface area contributed by atoms with Crippen LogP contribution in [0, 0.1) is 0 Å².